The number of hydrogen-bond donors (Lipinski definition) is 1. The van der Waals surface area contributed by atoms with Crippen LogP contribution >= 0.6 is 0 Å². The summed E-state index contributed by atoms with van der Waals surface area (Å²) < 4.78 is 12.5. The monoisotopic (exact) mass is 344 g/mol. The number of aromatic nitrogens is 2. The number of rotatable bonds is 4. The molecule has 1 N–H and O–H groups in total. The number of hydrogen-bond acceptors (Lipinski definition) is 5. The van der Waals surface area contributed by atoms with Gasteiger partial charge in [0.05, 0.1) is 25.2 Å². The predicted molar refractivity (Wildman–Crippen MR) is 92.5 cm³/mol. The van der Waals surface area contributed by atoms with Gasteiger partial charge in [-0.25, -0.2) is 0 Å². The third kappa shape index (κ3) is 2.91. The van der Waals surface area contributed by atoms with E-state index < -0.39 is 17.5 Å². The fourth-order valence-corrected chi connectivity index (χ4v) is 3.84. The van der Waals surface area contributed by atoms with Gasteiger partial charge >= 0.3 is 5.97 Å². The van der Waals surface area contributed by atoms with E-state index in [1.165, 1.54) is 0 Å². The van der Waals surface area contributed by atoms with Crippen LogP contribution in [-0.4, -0.2) is 40.2 Å². The maximum Gasteiger partial charge on any atom is 0.312 e. The molecule has 0 aliphatic heterocycles. The second kappa shape index (κ2) is 6.52. The van der Waals surface area contributed by atoms with Crippen LogP contribution in [0.1, 0.15) is 36.6 Å². The largest absolute Gasteiger partial charge is 0.480 e. The summed E-state index contributed by atoms with van der Waals surface area (Å²) in [5.41, 5.74) is 1.39. The summed E-state index contributed by atoms with van der Waals surface area (Å²) >= 11 is 0. The van der Waals surface area contributed by atoms with Crippen molar-refractivity contribution in [3.05, 3.63) is 47.2 Å². The zero-order valence-electron chi connectivity index (χ0n) is 15.0. The van der Waals surface area contributed by atoms with Crippen molar-refractivity contribution in [1.29, 1.82) is 0 Å². The lowest BCUT2D eigenvalue weighted by atomic mass is 9.66. The van der Waals surface area contributed by atoms with E-state index in [4.69, 9.17) is 9.47 Å². The first-order chi connectivity index (χ1) is 11.9. The van der Waals surface area contributed by atoms with Crippen LogP contribution in [0.15, 0.2) is 30.3 Å². The number of methoxy groups -OCH3 is 1. The van der Waals surface area contributed by atoms with Gasteiger partial charge < -0.3 is 14.6 Å². The molecule has 134 valence electrons. The molecule has 0 bridgehead atoms. The third-order valence-electron chi connectivity index (χ3n) is 4.91. The van der Waals surface area contributed by atoms with Gasteiger partial charge in [-0.3, -0.25) is 9.48 Å². The Balaban J connectivity index is 2.24. The minimum absolute atomic E-state index is 0.268. The standard InChI is InChI=1S/C19H24N2O4/c1-5-25-18(22)16-14(12-9-7-6-8-10-12)15-13(11-19(16,2)23)21(3)20-17(15)24-4/h6-10,14,16,23H,5,11H2,1-4H3. The van der Waals surface area contributed by atoms with Crippen molar-refractivity contribution in [3.8, 4) is 5.88 Å². The number of carbonyl (C=O) groups excluding carboxylic acids is 1. The maximum absolute atomic E-state index is 12.8. The van der Waals surface area contributed by atoms with Crippen LogP contribution < -0.4 is 4.74 Å². The molecule has 0 radical (unpaired) electrons. The maximum atomic E-state index is 12.8. The van der Waals surface area contributed by atoms with Crippen LogP contribution in [0.2, 0.25) is 0 Å². The summed E-state index contributed by atoms with van der Waals surface area (Å²) in [6.07, 6.45) is 0.308. The fraction of sp³-hybridized carbons (Fsp3) is 0.474. The minimum atomic E-state index is -1.25. The van der Waals surface area contributed by atoms with Crippen molar-refractivity contribution in [2.75, 3.05) is 13.7 Å². The highest BCUT2D eigenvalue weighted by Gasteiger charge is 2.52. The zero-order valence-corrected chi connectivity index (χ0v) is 15.0. The molecular formula is C19H24N2O4. The number of nitrogens with zero attached hydrogens (tertiary/aromatic N) is 2. The van der Waals surface area contributed by atoms with E-state index in [-0.39, 0.29) is 12.5 Å². The summed E-state index contributed by atoms with van der Waals surface area (Å²) in [5.74, 6) is -1.04. The second-order valence-electron chi connectivity index (χ2n) is 6.65. The summed E-state index contributed by atoms with van der Waals surface area (Å²) in [7, 11) is 3.39. The topological polar surface area (TPSA) is 73.6 Å². The molecule has 0 amide bonds. The van der Waals surface area contributed by atoms with E-state index in [9.17, 15) is 9.90 Å². The molecule has 1 aromatic heterocycles. The van der Waals surface area contributed by atoms with Crippen LogP contribution in [0.3, 0.4) is 0 Å². The molecule has 3 rings (SSSR count). The molecule has 2 aromatic rings. The average Bonchev–Trinajstić information content (AvgIpc) is 2.89. The van der Waals surface area contributed by atoms with Gasteiger partial charge in [0.25, 0.3) is 0 Å². The number of fused-ring (bicyclic) bond motifs is 1. The summed E-state index contributed by atoms with van der Waals surface area (Å²) in [6.45, 7) is 3.72. The number of carbonyl (C=O) groups is 1. The van der Waals surface area contributed by atoms with Crippen LogP contribution in [-0.2, 0) is 23.0 Å². The molecule has 1 aromatic carbocycles. The van der Waals surface area contributed by atoms with E-state index in [1.54, 1.807) is 25.6 Å². The van der Waals surface area contributed by atoms with Crippen molar-refractivity contribution >= 4 is 5.97 Å². The van der Waals surface area contributed by atoms with Crippen LogP contribution in [0.5, 0.6) is 5.88 Å². The lowest BCUT2D eigenvalue weighted by Gasteiger charge is -2.41. The van der Waals surface area contributed by atoms with E-state index >= 15 is 0 Å². The number of esters is 1. The highest BCUT2D eigenvalue weighted by Crippen LogP contribution is 2.49. The zero-order chi connectivity index (χ0) is 18.2. The molecular weight excluding hydrogens is 320 g/mol. The van der Waals surface area contributed by atoms with Crippen LogP contribution in [0.25, 0.3) is 0 Å². The predicted octanol–water partition coefficient (Wildman–Crippen LogP) is 2.05. The Bertz CT molecular complexity index is 767. The molecule has 0 spiro atoms. The van der Waals surface area contributed by atoms with Gasteiger partial charge in [-0.2, -0.15) is 0 Å². The lowest BCUT2D eigenvalue weighted by molar-refractivity contribution is -0.159. The number of aliphatic hydroxyl groups is 1. The molecule has 6 nitrogen and oxygen atoms in total. The molecule has 3 atom stereocenters. The van der Waals surface area contributed by atoms with Crippen molar-refractivity contribution in [1.82, 2.24) is 9.78 Å². The highest BCUT2D eigenvalue weighted by molar-refractivity contribution is 5.77. The van der Waals surface area contributed by atoms with E-state index in [0.29, 0.717) is 12.3 Å². The van der Waals surface area contributed by atoms with Crippen LogP contribution in [0, 0.1) is 5.92 Å². The van der Waals surface area contributed by atoms with E-state index in [2.05, 4.69) is 5.10 Å². The summed E-state index contributed by atoms with van der Waals surface area (Å²) in [4.78, 5) is 12.8. The number of aryl methyl sites for hydroxylation is 1. The molecule has 1 aliphatic rings. The van der Waals surface area contributed by atoms with Gasteiger partial charge in [0, 0.05) is 30.6 Å². The Kier molecular flexibility index (Phi) is 4.56. The Morgan fingerprint density at radius 1 is 1.40 bits per heavy atom. The third-order valence-corrected chi connectivity index (χ3v) is 4.91. The molecule has 25 heavy (non-hydrogen) atoms. The smallest absolute Gasteiger partial charge is 0.312 e. The van der Waals surface area contributed by atoms with Crippen molar-refractivity contribution in [2.24, 2.45) is 13.0 Å². The minimum Gasteiger partial charge on any atom is -0.480 e. The highest BCUT2D eigenvalue weighted by atomic mass is 16.5. The first kappa shape index (κ1) is 17.5. The molecule has 0 fully saturated rings. The molecule has 1 heterocycles. The Labute approximate surface area is 147 Å². The average molecular weight is 344 g/mol. The molecule has 6 heteroatoms. The van der Waals surface area contributed by atoms with Crippen molar-refractivity contribution in [2.45, 2.75) is 31.8 Å². The molecule has 0 saturated heterocycles. The van der Waals surface area contributed by atoms with Gasteiger partial charge in [0.15, 0.2) is 0 Å². The summed E-state index contributed by atoms with van der Waals surface area (Å²) in [5, 5.41) is 15.6. The molecule has 1 aliphatic carbocycles. The number of benzene rings is 1. The molecule has 0 saturated carbocycles. The normalized spacial score (nSPS) is 25.3. The molecule has 3 unspecified atom stereocenters. The SMILES string of the molecule is CCOC(=O)C1C(c2ccccc2)c2c(OC)nn(C)c2CC1(C)O. The second-order valence-corrected chi connectivity index (χ2v) is 6.65. The van der Waals surface area contributed by atoms with Crippen molar-refractivity contribution < 1.29 is 19.4 Å². The fourth-order valence-electron chi connectivity index (χ4n) is 3.84. The quantitative estimate of drug-likeness (QED) is 0.860. The van der Waals surface area contributed by atoms with E-state index in [1.807, 2.05) is 37.4 Å². The van der Waals surface area contributed by atoms with Gasteiger partial charge in [-0.05, 0) is 19.4 Å². The van der Waals surface area contributed by atoms with Gasteiger partial charge in [-0.15, -0.1) is 5.10 Å². The first-order valence-electron chi connectivity index (χ1n) is 8.44. The van der Waals surface area contributed by atoms with Crippen molar-refractivity contribution in [3.63, 3.8) is 0 Å². The lowest BCUT2D eigenvalue weighted by Crippen LogP contribution is -2.49. The Morgan fingerprint density at radius 2 is 2.08 bits per heavy atom. The van der Waals surface area contributed by atoms with Gasteiger partial charge in [0.2, 0.25) is 5.88 Å². The number of ether oxygens (including phenoxy) is 2. The Hall–Kier alpha value is -2.34. The van der Waals surface area contributed by atoms with E-state index in [0.717, 1.165) is 16.8 Å². The first-order valence-corrected chi connectivity index (χ1v) is 8.44. The van der Waals surface area contributed by atoms with Gasteiger partial charge in [0.1, 0.15) is 0 Å². The summed E-state index contributed by atoms with van der Waals surface area (Å²) in [6, 6.07) is 9.67. The van der Waals surface area contributed by atoms with Crippen LogP contribution in [0.4, 0.5) is 0 Å². The van der Waals surface area contributed by atoms with Gasteiger partial charge in [-0.1, -0.05) is 30.3 Å². The Morgan fingerprint density at radius 3 is 2.68 bits per heavy atom.